The fourth-order valence-corrected chi connectivity index (χ4v) is 1.88. The first-order chi connectivity index (χ1) is 8.04. The Morgan fingerprint density at radius 3 is 2.82 bits per heavy atom. The van der Waals surface area contributed by atoms with Crippen LogP contribution in [0.1, 0.15) is 24.3 Å². The molecule has 1 aromatic rings. The van der Waals surface area contributed by atoms with Crippen LogP contribution in [-0.4, -0.2) is 27.7 Å². The summed E-state index contributed by atoms with van der Waals surface area (Å²) in [5, 5.41) is 19.0. The minimum atomic E-state index is -1.11. The molecule has 1 atom stereocenters. The van der Waals surface area contributed by atoms with E-state index in [0.717, 1.165) is 5.69 Å². The van der Waals surface area contributed by atoms with Crippen LogP contribution in [0.25, 0.3) is 0 Å². The molecule has 0 amide bonds. The molecule has 1 aliphatic heterocycles. The highest BCUT2D eigenvalue weighted by molar-refractivity contribution is 5.90. The van der Waals surface area contributed by atoms with Crippen LogP contribution in [0.15, 0.2) is 23.9 Å². The summed E-state index contributed by atoms with van der Waals surface area (Å²) in [5.41, 5.74) is 1.35. The quantitative estimate of drug-likeness (QED) is 0.805. The van der Waals surface area contributed by atoms with E-state index in [4.69, 9.17) is 5.11 Å². The molecule has 2 N–H and O–H groups in total. The Balaban J connectivity index is 2.56. The Kier molecular flexibility index (Phi) is 2.85. The van der Waals surface area contributed by atoms with Crippen molar-refractivity contribution >= 4 is 11.8 Å². The highest BCUT2D eigenvalue weighted by Gasteiger charge is 2.29. The molecular formula is C12H14N2O3. The largest absolute Gasteiger partial charge is 0.478 e. The Labute approximate surface area is 99.0 Å². The predicted molar refractivity (Wildman–Crippen MR) is 62.7 cm³/mol. The van der Waals surface area contributed by atoms with E-state index in [1.807, 2.05) is 13.8 Å². The van der Waals surface area contributed by atoms with Gasteiger partial charge < -0.3 is 15.1 Å². The number of pyridine rings is 1. The highest BCUT2D eigenvalue weighted by Crippen LogP contribution is 2.34. The van der Waals surface area contributed by atoms with E-state index in [-0.39, 0.29) is 5.57 Å². The molecular weight excluding hydrogens is 220 g/mol. The van der Waals surface area contributed by atoms with E-state index in [2.05, 4.69) is 4.98 Å². The van der Waals surface area contributed by atoms with E-state index in [9.17, 15) is 9.90 Å². The normalized spacial score (nSPS) is 18.6. The monoisotopic (exact) mass is 234 g/mol. The highest BCUT2D eigenvalue weighted by atomic mass is 16.4. The van der Waals surface area contributed by atoms with Gasteiger partial charge in [0, 0.05) is 24.0 Å². The number of rotatable bonds is 2. The molecule has 0 saturated carbocycles. The molecule has 0 aliphatic carbocycles. The Hall–Kier alpha value is -1.88. The maximum Gasteiger partial charge on any atom is 0.336 e. The molecule has 0 fully saturated rings. The number of aryl methyl sites for hydroxylation is 1. The molecule has 2 heterocycles. The first-order valence-electron chi connectivity index (χ1n) is 5.41. The first-order valence-corrected chi connectivity index (χ1v) is 5.41. The summed E-state index contributed by atoms with van der Waals surface area (Å²) < 4.78 is 0. The van der Waals surface area contributed by atoms with Gasteiger partial charge in [-0.3, -0.25) is 0 Å². The van der Waals surface area contributed by atoms with Crippen LogP contribution in [0, 0.1) is 6.92 Å². The van der Waals surface area contributed by atoms with Gasteiger partial charge in [-0.25, -0.2) is 9.78 Å². The first kappa shape index (κ1) is 11.6. The van der Waals surface area contributed by atoms with Crippen molar-refractivity contribution < 1.29 is 15.0 Å². The van der Waals surface area contributed by atoms with Gasteiger partial charge in [-0.15, -0.1) is 0 Å². The molecule has 17 heavy (non-hydrogen) atoms. The third-order valence-corrected chi connectivity index (χ3v) is 2.79. The molecule has 2 rings (SSSR count). The summed E-state index contributed by atoms with van der Waals surface area (Å²) in [6, 6.07) is 3.49. The number of fused-ring (bicyclic) bond motifs is 1. The number of hydrogen-bond donors (Lipinski definition) is 2. The van der Waals surface area contributed by atoms with Crippen LogP contribution in [-0.2, 0) is 4.79 Å². The summed E-state index contributed by atoms with van der Waals surface area (Å²) in [6.45, 7) is 4.37. The van der Waals surface area contributed by atoms with Crippen molar-refractivity contribution in [2.75, 3.05) is 11.4 Å². The fraction of sp³-hybridized carbons (Fsp3) is 0.333. The van der Waals surface area contributed by atoms with Crippen molar-refractivity contribution in [2.45, 2.75) is 20.0 Å². The van der Waals surface area contributed by atoms with Gasteiger partial charge in [0.05, 0.1) is 5.57 Å². The predicted octanol–water partition coefficient (Wildman–Crippen LogP) is 1.23. The van der Waals surface area contributed by atoms with Gasteiger partial charge in [0.2, 0.25) is 0 Å². The minimum Gasteiger partial charge on any atom is -0.478 e. The van der Waals surface area contributed by atoms with Crippen molar-refractivity contribution in [1.82, 2.24) is 4.98 Å². The van der Waals surface area contributed by atoms with Gasteiger partial charge in [-0.05, 0) is 19.9 Å². The third-order valence-electron chi connectivity index (χ3n) is 2.79. The number of carboxylic acids is 1. The Morgan fingerprint density at radius 1 is 1.53 bits per heavy atom. The number of hydrogen-bond acceptors (Lipinski definition) is 4. The summed E-state index contributed by atoms with van der Waals surface area (Å²) in [7, 11) is 0. The molecule has 90 valence electrons. The maximum atomic E-state index is 11.0. The van der Waals surface area contributed by atoms with Crippen molar-refractivity contribution in [2.24, 2.45) is 0 Å². The van der Waals surface area contributed by atoms with E-state index < -0.39 is 12.1 Å². The number of nitrogens with zero attached hydrogens (tertiary/aromatic N) is 2. The molecule has 0 spiro atoms. The smallest absolute Gasteiger partial charge is 0.336 e. The molecule has 5 heteroatoms. The topological polar surface area (TPSA) is 73.7 Å². The number of aliphatic carboxylic acids is 1. The van der Waals surface area contributed by atoms with Crippen molar-refractivity contribution in [3.05, 3.63) is 35.2 Å². The fourth-order valence-electron chi connectivity index (χ4n) is 1.88. The second-order valence-corrected chi connectivity index (χ2v) is 3.94. The second kappa shape index (κ2) is 4.18. The van der Waals surface area contributed by atoms with Gasteiger partial charge in [0.15, 0.2) is 0 Å². The maximum absolute atomic E-state index is 11.0. The van der Waals surface area contributed by atoms with Gasteiger partial charge in [-0.2, -0.15) is 0 Å². The number of aliphatic hydroxyl groups is 1. The van der Waals surface area contributed by atoms with Crippen LogP contribution in [0.2, 0.25) is 0 Å². The lowest BCUT2D eigenvalue weighted by Gasteiger charge is -2.29. The number of aromatic nitrogens is 1. The Bertz CT molecular complexity index is 497. The minimum absolute atomic E-state index is 0.0231. The lowest BCUT2D eigenvalue weighted by atomic mass is 9.99. The zero-order valence-corrected chi connectivity index (χ0v) is 9.71. The van der Waals surface area contributed by atoms with E-state index in [1.165, 1.54) is 6.20 Å². The van der Waals surface area contributed by atoms with Crippen molar-refractivity contribution in [3.63, 3.8) is 0 Å². The molecule has 0 saturated heterocycles. The van der Waals surface area contributed by atoms with Crippen LogP contribution in [0.3, 0.4) is 0 Å². The molecule has 1 aliphatic rings. The number of carboxylic acid groups (broad SMARTS) is 1. The average molecular weight is 234 g/mol. The summed E-state index contributed by atoms with van der Waals surface area (Å²) in [6.07, 6.45) is 0.334. The van der Waals surface area contributed by atoms with Gasteiger partial charge in [0.25, 0.3) is 0 Å². The van der Waals surface area contributed by atoms with Crippen molar-refractivity contribution in [1.29, 1.82) is 0 Å². The summed E-state index contributed by atoms with van der Waals surface area (Å²) in [4.78, 5) is 17.1. The standard InChI is InChI=1S/C12H14N2O3/c1-3-14-6-9(12(16)17)10(15)8-5-4-7(2)13-11(8)14/h4-6,10,15H,3H2,1-2H3,(H,16,17). The van der Waals surface area contributed by atoms with Crippen LogP contribution >= 0.6 is 0 Å². The molecule has 0 radical (unpaired) electrons. The molecule has 5 nitrogen and oxygen atoms in total. The van der Waals surface area contributed by atoms with E-state index in [0.29, 0.717) is 17.9 Å². The lowest BCUT2D eigenvalue weighted by molar-refractivity contribution is -0.133. The number of aliphatic hydroxyl groups excluding tert-OH is 1. The second-order valence-electron chi connectivity index (χ2n) is 3.94. The zero-order valence-electron chi connectivity index (χ0n) is 9.71. The van der Waals surface area contributed by atoms with E-state index >= 15 is 0 Å². The SMILES string of the molecule is CCN1C=C(C(=O)O)C(O)c2ccc(C)nc21. The summed E-state index contributed by atoms with van der Waals surface area (Å²) in [5.74, 6) is -0.479. The van der Waals surface area contributed by atoms with Crippen LogP contribution in [0.4, 0.5) is 5.82 Å². The third kappa shape index (κ3) is 1.89. The molecule has 0 bridgehead atoms. The van der Waals surface area contributed by atoms with Crippen LogP contribution in [0.5, 0.6) is 0 Å². The molecule has 1 aromatic heterocycles. The molecule has 0 aromatic carbocycles. The lowest BCUT2D eigenvalue weighted by Crippen LogP contribution is -2.28. The van der Waals surface area contributed by atoms with Gasteiger partial charge >= 0.3 is 5.97 Å². The average Bonchev–Trinajstić information content (AvgIpc) is 2.29. The number of anilines is 1. The van der Waals surface area contributed by atoms with Crippen LogP contribution < -0.4 is 4.90 Å². The molecule has 1 unspecified atom stereocenters. The van der Waals surface area contributed by atoms with Gasteiger partial charge in [0.1, 0.15) is 11.9 Å². The van der Waals surface area contributed by atoms with E-state index in [1.54, 1.807) is 17.0 Å². The van der Waals surface area contributed by atoms with Crippen molar-refractivity contribution in [3.8, 4) is 0 Å². The zero-order chi connectivity index (χ0) is 12.6. The number of carbonyl (C=O) groups is 1. The Morgan fingerprint density at radius 2 is 2.24 bits per heavy atom. The van der Waals surface area contributed by atoms with Gasteiger partial charge in [-0.1, -0.05) is 6.07 Å². The summed E-state index contributed by atoms with van der Waals surface area (Å²) >= 11 is 0.